The minimum Gasteiger partial charge on any atom is -0.381 e. The molecule has 1 fully saturated rings. The maximum Gasteiger partial charge on any atom is 0.224 e. The van der Waals surface area contributed by atoms with Crippen LogP contribution in [0.5, 0.6) is 0 Å². The molecule has 0 aromatic rings. The van der Waals surface area contributed by atoms with Gasteiger partial charge in [-0.2, -0.15) is 0 Å². The van der Waals surface area contributed by atoms with Crippen LogP contribution in [0.4, 0.5) is 0 Å². The van der Waals surface area contributed by atoms with E-state index in [1.54, 1.807) is 4.90 Å². The van der Waals surface area contributed by atoms with Crippen molar-refractivity contribution in [3.63, 3.8) is 0 Å². The summed E-state index contributed by atoms with van der Waals surface area (Å²) in [5.41, 5.74) is 5.42. The highest BCUT2D eigenvalue weighted by Crippen LogP contribution is 2.23. The summed E-state index contributed by atoms with van der Waals surface area (Å²) < 4.78 is 5.63. The Morgan fingerprint density at radius 2 is 2.06 bits per heavy atom. The van der Waals surface area contributed by atoms with E-state index in [9.17, 15) is 4.79 Å². The first-order valence-electron chi connectivity index (χ1n) is 7.26. The fourth-order valence-corrected chi connectivity index (χ4v) is 2.41. The number of hydrogen-bond acceptors (Lipinski definition) is 3. The van der Waals surface area contributed by atoms with E-state index >= 15 is 0 Å². The van der Waals surface area contributed by atoms with E-state index in [0.29, 0.717) is 19.6 Å². The summed E-state index contributed by atoms with van der Waals surface area (Å²) in [6.07, 6.45) is 8.01. The monoisotopic (exact) mass is 256 g/mol. The molecular formula is C14H28N2O2. The number of carbonyl (C=O) groups is 1. The Kier molecular flexibility index (Phi) is 8.01. The van der Waals surface area contributed by atoms with E-state index in [1.807, 2.05) is 7.05 Å². The Morgan fingerprint density at radius 1 is 1.33 bits per heavy atom. The van der Waals surface area contributed by atoms with Gasteiger partial charge in [0.1, 0.15) is 0 Å². The number of ether oxygens (including phenoxy) is 1. The molecule has 0 aliphatic heterocycles. The average molecular weight is 256 g/mol. The Hall–Kier alpha value is -0.610. The highest BCUT2D eigenvalue weighted by atomic mass is 16.5. The molecule has 106 valence electrons. The molecule has 0 bridgehead atoms. The van der Waals surface area contributed by atoms with Crippen molar-refractivity contribution < 1.29 is 9.53 Å². The van der Waals surface area contributed by atoms with E-state index in [1.165, 1.54) is 32.1 Å². The molecule has 0 aromatic heterocycles. The van der Waals surface area contributed by atoms with Gasteiger partial charge in [0.15, 0.2) is 0 Å². The Labute approximate surface area is 111 Å². The summed E-state index contributed by atoms with van der Waals surface area (Å²) in [7, 11) is 1.83. The second-order valence-electron chi connectivity index (χ2n) is 5.29. The van der Waals surface area contributed by atoms with Crippen molar-refractivity contribution in [3.05, 3.63) is 0 Å². The normalized spacial score (nSPS) is 16.8. The largest absolute Gasteiger partial charge is 0.381 e. The molecule has 4 heteroatoms. The summed E-state index contributed by atoms with van der Waals surface area (Å²) in [4.78, 5) is 13.5. The van der Waals surface area contributed by atoms with Crippen LogP contribution in [-0.2, 0) is 9.53 Å². The number of rotatable bonds is 8. The number of hydrogen-bond donors (Lipinski definition) is 1. The van der Waals surface area contributed by atoms with Gasteiger partial charge < -0.3 is 15.4 Å². The lowest BCUT2D eigenvalue weighted by atomic mass is 9.90. The Morgan fingerprint density at radius 3 is 2.72 bits per heavy atom. The van der Waals surface area contributed by atoms with Crippen molar-refractivity contribution in [1.82, 2.24) is 4.90 Å². The molecule has 1 aliphatic rings. The zero-order valence-electron chi connectivity index (χ0n) is 11.7. The Balaban J connectivity index is 2.00. The van der Waals surface area contributed by atoms with Crippen LogP contribution in [0, 0.1) is 5.92 Å². The summed E-state index contributed by atoms with van der Waals surface area (Å²) in [6, 6.07) is 0. The van der Waals surface area contributed by atoms with Gasteiger partial charge in [-0.3, -0.25) is 4.79 Å². The van der Waals surface area contributed by atoms with E-state index < -0.39 is 0 Å². The molecule has 0 radical (unpaired) electrons. The summed E-state index contributed by atoms with van der Waals surface area (Å²) >= 11 is 0. The fraction of sp³-hybridized carbons (Fsp3) is 0.929. The second kappa shape index (κ2) is 9.34. The van der Waals surface area contributed by atoms with Gasteiger partial charge in [0.25, 0.3) is 0 Å². The van der Waals surface area contributed by atoms with Crippen molar-refractivity contribution in [2.75, 3.05) is 33.4 Å². The van der Waals surface area contributed by atoms with Gasteiger partial charge in [-0.25, -0.2) is 0 Å². The minimum absolute atomic E-state index is 0.159. The second-order valence-corrected chi connectivity index (χ2v) is 5.29. The third kappa shape index (κ3) is 6.36. The topological polar surface area (TPSA) is 55.6 Å². The minimum atomic E-state index is 0.159. The molecule has 0 aromatic carbocycles. The van der Waals surface area contributed by atoms with Crippen LogP contribution in [-0.4, -0.2) is 44.2 Å². The standard InChI is InChI=1S/C14H28N2O2/c1-16(10-5-9-15)14(17)8-11-18-12-13-6-3-2-4-7-13/h13H,2-12,15H2,1H3. The predicted octanol–water partition coefficient (Wildman–Crippen LogP) is 1.78. The van der Waals surface area contributed by atoms with Crippen molar-refractivity contribution in [2.24, 2.45) is 11.7 Å². The van der Waals surface area contributed by atoms with Crippen LogP contribution in [0.1, 0.15) is 44.9 Å². The molecule has 0 spiro atoms. The maximum absolute atomic E-state index is 11.7. The van der Waals surface area contributed by atoms with Crippen molar-refractivity contribution in [1.29, 1.82) is 0 Å². The van der Waals surface area contributed by atoms with Gasteiger partial charge in [-0.1, -0.05) is 19.3 Å². The quantitative estimate of drug-likeness (QED) is 0.674. The van der Waals surface area contributed by atoms with Gasteiger partial charge in [0.2, 0.25) is 5.91 Å². The van der Waals surface area contributed by atoms with Crippen molar-refractivity contribution >= 4 is 5.91 Å². The summed E-state index contributed by atoms with van der Waals surface area (Å²) in [5.74, 6) is 0.885. The van der Waals surface area contributed by atoms with E-state index in [4.69, 9.17) is 10.5 Å². The highest BCUT2D eigenvalue weighted by molar-refractivity contribution is 5.75. The van der Waals surface area contributed by atoms with E-state index in [2.05, 4.69) is 0 Å². The smallest absolute Gasteiger partial charge is 0.224 e. The summed E-state index contributed by atoms with van der Waals surface area (Å²) in [5, 5.41) is 0. The first-order chi connectivity index (χ1) is 8.74. The lowest BCUT2D eigenvalue weighted by Gasteiger charge is -2.21. The van der Waals surface area contributed by atoms with Gasteiger partial charge in [0, 0.05) is 20.2 Å². The SMILES string of the molecule is CN(CCCN)C(=O)CCOCC1CCCCC1. The first kappa shape index (κ1) is 15.4. The zero-order chi connectivity index (χ0) is 13.2. The van der Waals surface area contributed by atoms with Gasteiger partial charge in [0.05, 0.1) is 13.0 Å². The first-order valence-corrected chi connectivity index (χ1v) is 7.26. The van der Waals surface area contributed by atoms with Crippen LogP contribution < -0.4 is 5.73 Å². The lowest BCUT2D eigenvalue weighted by molar-refractivity contribution is -0.131. The molecular weight excluding hydrogens is 228 g/mol. The van der Waals surface area contributed by atoms with Crippen molar-refractivity contribution in [3.8, 4) is 0 Å². The van der Waals surface area contributed by atoms with Crippen LogP contribution in [0.25, 0.3) is 0 Å². The summed E-state index contributed by atoms with van der Waals surface area (Å²) in [6.45, 7) is 2.77. The molecule has 0 atom stereocenters. The number of carbonyl (C=O) groups excluding carboxylic acids is 1. The molecule has 1 rings (SSSR count). The third-order valence-electron chi connectivity index (χ3n) is 3.66. The number of amides is 1. The van der Waals surface area contributed by atoms with Gasteiger partial charge >= 0.3 is 0 Å². The molecule has 0 unspecified atom stereocenters. The number of nitrogens with zero attached hydrogens (tertiary/aromatic N) is 1. The van der Waals surface area contributed by atoms with Crippen LogP contribution >= 0.6 is 0 Å². The van der Waals surface area contributed by atoms with E-state index in [0.717, 1.165) is 25.5 Å². The molecule has 4 nitrogen and oxygen atoms in total. The maximum atomic E-state index is 11.7. The zero-order valence-corrected chi connectivity index (χ0v) is 11.7. The third-order valence-corrected chi connectivity index (χ3v) is 3.66. The average Bonchev–Trinajstić information content (AvgIpc) is 2.41. The van der Waals surface area contributed by atoms with Crippen LogP contribution in [0.15, 0.2) is 0 Å². The van der Waals surface area contributed by atoms with Crippen LogP contribution in [0.3, 0.4) is 0 Å². The van der Waals surface area contributed by atoms with Crippen molar-refractivity contribution in [2.45, 2.75) is 44.9 Å². The molecule has 0 saturated heterocycles. The fourth-order valence-electron chi connectivity index (χ4n) is 2.41. The molecule has 1 amide bonds. The molecule has 2 N–H and O–H groups in total. The molecule has 0 heterocycles. The lowest BCUT2D eigenvalue weighted by Crippen LogP contribution is -2.29. The highest BCUT2D eigenvalue weighted by Gasteiger charge is 2.14. The van der Waals surface area contributed by atoms with Gasteiger partial charge in [-0.05, 0) is 31.7 Å². The Bertz CT molecular complexity index is 228. The molecule has 18 heavy (non-hydrogen) atoms. The number of nitrogens with two attached hydrogens (primary N) is 1. The molecule has 1 saturated carbocycles. The van der Waals surface area contributed by atoms with E-state index in [-0.39, 0.29) is 5.91 Å². The van der Waals surface area contributed by atoms with Crippen LogP contribution in [0.2, 0.25) is 0 Å². The molecule has 1 aliphatic carbocycles. The predicted molar refractivity (Wildman–Crippen MR) is 73.3 cm³/mol. The van der Waals surface area contributed by atoms with Gasteiger partial charge in [-0.15, -0.1) is 0 Å².